The highest BCUT2D eigenvalue weighted by Gasteiger charge is 2.66. The fourth-order valence-corrected chi connectivity index (χ4v) is 6.77. The van der Waals surface area contributed by atoms with E-state index in [1.165, 1.54) is 6.42 Å². The van der Waals surface area contributed by atoms with Gasteiger partial charge in [0.05, 0.1) is 13.2 Å². The van der Waals surface area contributed by atoms with E-state index < -0.39 is 0 Å². The first-order valence-electron chi connectivity index (χ1n) is 7.18. The van der Waals surface area contributed by atoms with Crippen LogP contribution in [0, 0.1) is 29.6 Å². The molecule has 2 nitrogen and oxygen atoms in total. The van der Waals surface area contributed by atoms with Crippen molar-refractivity contribution in [3.05, 3.63) is 23.8 Å². The minimum absolute atomic E-state index is 0.306. The van der Waals surface area contributed by atoms with Gasteiger partial charge in [0.15, 0.2) is 5.79 Å². The van der Waals surface area contributed by atoms with Gasteiger partial charge in [-0.3, -0.25) is 0 Å². The first-order chi connectivity index (χ1) is 9.22. The van der Waals surface area contributed by atoms with Crippen LogP contribution in [-0.4, -0.2) is 28.7 Å². The van der Waals surface area contributed by atoms with Crippen LogP contribution in [-0.2, 0) is 9.47 Å². The summed E-state index contributed by atoms with van der Waals surface area (Å²) in [6.45, 7) is 1.52. The van der Waals surface area contributed by atoms with Gasteiger partial charge in [-0.05, 0) is 24.2 Å². The van der Waals surface area contributed by atoms with Gasteiger partial charge in [-0.25, -0.2) is 0 Å². The van der Waals surface area contributed by atoms with Crippen LogP contribution >= 0.6 is 31.9 Å². The molecule has 5 aliphatic rings. The van der Waals surface area contributed by atoms with E-state index in [0.29, 0.717) is 33.3 Å². The van der Waals surface area contributed by atoms with Crippen LogP contribution in [0.25, 0.3) is 0 Å². The number of hydrogen-bond donors (Lipinski definition) is 0. The van der Waals surface area contributed by atoms with Crippen LogP contribution in [0.3, 0.4) is 0 Å². The maximum atomic E-state index is 6.09. The Bertz CT molecular complexity index is 494. The summed E-state index contributed by atoms with van der Waals surface area (Å²) in [4.78, 5) is 1.13. The third kappa shape index (κ3) is 1.26. The molecule has 0 aromatic rings. The van der Waals surface area contributed by atoms with Crippen molar-refractivity contribution in [1.82, 2.24) is 0 Å². The highest BCUT2D eigenvalue weighted by molar-refractivity contribution is 9.12. The third-order valence-corrected chi connectivity index (χ3v) is 8.86. The highest BCUT2D eigenvalue weighted by atomic mass is 79.9. The van der Waals surface area contributed by atoms with Crippen molar-refractivity contribution in [3.63, 3.8) is 0 Å². The Morgan fingerprint density at radius 3 is 2.63 bits per heavy atom. The third-order valence-electron chi connectivity index (χ3n) is 5.89. The summed E-state index contributed by atoms with van der Waals surface area (Å²) < 4.78 is 12.2. The molecule has 0 aromatic carbocycles. The van der Waals surface area contributed by atoms with Gasteiger partial charge in [-0.1, -0.05) is 55.7 Å². The van der Waals surface area contributed by atoms with Crippen LogP contribution in [0.2, 0.25) is 0 Å². The van der Waals surface area contributed by atoms with Gasteiger partial charge in [-0.15, -0.1) is 0 Å². The summed E-state index contributed by atoms with van der Waals surface area (Å²) in [5, 5.41) is 0. The number of fused-ring (bicyclic) bond motifs is 4. The average molecular weight is 388 g/mol. The Morgan fingerprint density at radius 2 is 1.84 bits per heavy atom. The van der Waals surface area contributed by atoms with Crippen LogP contribution < -0.4 is 0 Å². The second kappa shape index (κ2) is 3.76. The molecule has 3 fully saturated rings. The molecule has 4 aliphatic carbocycles. The Hall–Kier alpha value is 0.360. The number of halogens is 2. The van der Waals surface area contributed by atoms with E-state index in [9.17, 15) is 0 Å². The second-order valence-electron chi connectivity index (χ2n) is 6.45. The van der Waals surface area contributed by atoms with E-state index in [1.54, 1.807) is 5.57 Å². The highest BCUT2D eigenvalue weighted by Crippen LogP contribution is 2.65. The van der Waals surface area contributed by atoms with Gasteiger partial charge in [0, 0.05) is 21.5 Å². The maximum absolute atomic E-state index is 6.09. The minimum atomic E-state index is -0.306. The van der Waals surface area contributed by atoms with Crippen LogP contribution in [0.1, 0.15) is 6.42 Å². The molecule has 1 saturated heterocycles. The molecule has 0 radical (unpaired) electrons. The summed E-state index contributed by atoms with van der Waals surface area (Å²) in [6.07, 6.45) is 8.54. The lowest BCUT2D eigenvalue weighted by molar-refractivity contribution is -0.187. The zero-order valence-corrected chi connectivity index (χ0v) is 13.6. The van der Waals surface area contributed by atoms with Crippen molar-refractivity contribution in [2.45, 2.75) is 21.9 Å². The van der Waals surface area contributed by atoms with Crippen molar-refractivity contribution in [3.8, 4) is 0 Å². The number of alkyl halides is 2. The number of hydrogen-bond acceptors (Lipinski definition) is 2. The van der Waals surface area contributed by atoms with Crippen molar-refractivity contribution < 1.29 is 9.47 Å². The summed E-state index contributed by atoms with van der Waals surface area (Å²) in [7, 11) is 0. The Balaban J connectivity index is 1.56. The first kappa shape index (κ1) is 12.0. The largest absolute Gasteiger partial charge is 0.346 e. The first-order valence-corrected chi connectivity index (χ1v) is 9.01. The van der Waals surface area contributed by atoms with E-state index in [4.69, 9.17) is 9.47 Å². The SMILES string of the molecule is Br[C@H]1[C@H](Br)C2=C[C@@H]3[C@H](C[C@@H]21)[C@H]1C=C[C@H]3C12OCCO2. The molecule has 19 heavy (non-hydrogen) atoms. The molecular weight excluding hydrogens is 372 g/mol. The van der Waals surface area contributed by atoms with Gasteiger partial charge in [0.25, 0.3) is 0 Å². The number of ether oxygens (including phenoxy) is 2. The Morgan fingerprint density at radius 1 is 1.11 bits per heavy atom. The van der Waals surface area contributed by atoms with E-state index >= 15 is 0 Å². The summed E-state index contributed by atoms with van der Waals surface area (Å²) in [6, 6.07) is 0. The molecule has 102 valence electrons. The summed E-state index contributed by atoms with van der Waals surface area (Å²) in [5.41, 5.74) is 1.61. The lowest BCUT2D eigenvalue weighted by atomic mass is 9.63. The van der Waals surface area contributed by atoms with Gasteiger partial charge in [0.1, 0.15) is 0 Å². The van der Waals surface area contributed by atoms with Crippen molar-refractivity contribution >= 4 is 31.9 Å². The molecule has 0 aromatic heterocycles. The van der Waals surface area contributed by atoms with Crippen molar-refractivity contribution in [2.75, 3.05) is 13.2 Å². The maximum Gasteiger partial charge on any atom is 0.181 e. The molecule has 1 spiro atoms. The second-order valence-corrected chi connectivity index (χ2v) is 8.49. The predicted octanol–water partition coefficient (Wildman–Crippen LogP) is 3.26. The Labute approximate surface area is 129 Å². The smallest absolute Gasteiger partial charge is 0.181 e. The molecule has 2 bridgehead atoms. The topological polar surface area (TPSA) is 18.5 Å². The van der Waals surface area contributed by atoms with Crippen LogP contribution in [0.15, 0.2) is 23.8 Å². The molecule has 5 rings (SSSR count). The van der Waals surface area contributed by atoms with E-state index in [0.717, 1.165) is 19.1 Å². The monoisotopic (exact) mass is 386 g/mol. The molecule has 1 heterocycles. The molecule has 1 aliphatic heterocycles. The molecule has 0 amide bonds. The standard InChI is InChI=1S/C15H16Br2O2/c16-13-9-5-7-8(6-10(9)14(13)17)12-2-1-11(7)15(12)18-3-4-19-15/h1-2,5,7-8,10-14H,3-4,6H2/t7-,8+,10+,11-,12-,13-,14-/m1/s1. The molecule has 2 saturated carbocycles. The van der Waals surface area contributed by atoms with Gasteiger partial charge in [-0.2, -0.15) is 0 Å². The fraction of sp³-hybridized carbons (Fsp3) is 0.733. The van der Waals surface area contributed by atoms with Crippen molar-refractivity contribution in [2.24, 2.45) is 29.6 Å². The normalized spacial score (nSPS) is 55.9. The minimum Gasteiger partial charge on any atom is -0.346 e. The zero-order valence-electron chi connectivity index (χ0n) is 10.5. The molecule has 4 heteroatoms. The van der Waals surface area contributed by atoms with E-state index in [1.807, 2.05) is 0 Å². The van der Waals surface area contributed by atoms with Crippen LogP contribution in [0.5, 0.6) is 0 Å². The molecule has 0 unspecified atom stereocenters. The molecule has 7 atom stereocenters. The summed E-state index contributed by atoms with van der Waals surface area (Å²) in [5.74, 6) is 2.65. The quantitative estimate of drug-likeness (QED) is 0.469. The lowest BCUT2D eigenvalue weighted by Crippen LogP contribution is -2.46. The van der Waals surface area contributed by atoms with E-state index in [2.05, 4.69) is 50.1 Å². The summed E-state index contributed by atoms with van der Waals surface area (Å²) >= 11 is 7.62. The number of allylic oxidation sites excluding steroid dienone is 2. The molecule has 0 N–H and O–H groups in total. The zero-order chi connectivity index (χ0) is 12.8. The van der Waals surface area contributed by atoms with Crippen LogP contribution in [0.4, 0.5) is 0 Å². The lowest BCUT2D eigenvalue weighted by Gasteiger charge is -2.48. The Kier molecular flexibility index (Phi) is 2.37. The van der Waals surface area contributed by atoms with Crippen molar-refractivity contribution in [1.29, 1.82) is 0 Å². The molecular formula is C15H16Br2O2. The predicted molar refractivity (Wildman–Crippen MR) is 79.4 cm³/mol. The van der Waals surface area contributed by atoms with Gasteiger partial charge < -0.3 is 9.47 Å². The number of rotatable bonds is 0. The van der Waals surface area contributed by atoms with E-state index in [-0.39, 0.29) is 5.79 Å². The average Bonchev–Trinajstić information content (AvgIpc) is 3.13. The van der Waals surface area contributed by atoms with Gasteiger partial charge in [0.2, 0.25) is 0 Å². The fourth-order valence-electron chi connectivity index (χ4n) is 5.09. The van der Waals surface area contributed by atoms with Gasteiger partial charge >= 0.3 is 0 Å².